The zero-order valence-electron chi connectivity index (χ0n) is 9.03. The molecule has 1 aromatic carbocycles. The Morgan fingerprint density at radius 2 is 1.88 bits per heavy atom. The van der Waals surface area contributed by atoms with E-state index in [1.54, 1.807) is 0 Å². The largest absolute Gasteiger partial charge is 0.339 e. The second kappa shape index (κ2) is 5.32. The van der Waals surface area contributed by atoms with E-state index < -0.39 is 5.38 Å². The second-order valence-electron chi connectivity index (χ2n) is 3.85. The van der Waals surface area contributed by atoms with Crippen molar-refractivity contribution in [3.05, 3.63) is 35.9 Å². The monoisotopic (exact) mass is 238 g/mol. The first kappa shape index (κ1) is 11.4. The van der Waals surface area contributed by atoms with Crippen LogP contribution in [-0.2, 0) is 4.79 Å². The number of alkyl halides is 1. The molecule has 1 heterocycles. The number of nitrogens with zero attached hydrogens (tertiary/aromatic N) is 1. The minimum atomic E-state index is -0.556. The molecule has 0 radical (unpaired) electrons. The molecule has 16 heavy (non-hydrogen) atoms. The van der Waals surface area contributed by atoms with Crippen LogP contribution in [0.2, 0.25) is 0 Å². The summed E-state index contributed by atoms with van der Waals surface area (Å²) < 4.78 is 0. The summed E-state index contributed by atoms with van der Waals surface area (Å²) in [5.74, 6) is 0.00867. The standard InChI is InChI=1S/C12H15ClN2O/c13-11(10-4-2-1-3-5-10)12(16)15-8-6-14-7-9-15/h1-5,11,14H,6-9H2. The molecule has 0 aromatic heterocycles. The van der Waals surface area contributed by atoms with Crippen LogP contribution >= 0.6 is 11.6 Å². The minimum Gasteiger partial charge on any atom is -0.339 e. The Hall–Kier alpha value is -1.06. The number of nitrogens with one attached hydrogen (secondary N) is 1. The van der Waals surface area contributed by atoms with Crippen molar-refractivity contribution in [2.45, 2.75) is 5.38 Å². The van der Waals surface area contributed by atoms with Gasteiger partial charge in [0.15, 0.2) is 0 Å². The fraction of sp³-hybridized carbons (Fsp3) is 0.417. The summed E-state index contributed by atoms with van der Waals surface area (Å²) >= 11 is 6.18. The lowest BCUT2D eigenvalue weighted by Gasteiger charge is -2.29. The Kier molecular flexibility index (Phi) is 3.80. The molecular weight excluding hydrogens is 224 g/mol. The number of carbonyl (C=O) groups is 1. The molecule has 86 valence electrons. The van der Waals surface area contributed by atoms with Crippen molar-refractivity contribution < 1.29 is 4.79 Å². The highest BCUT2D eigenvalue weighted by molar-refractivity contribution is 6.30. The zero-order chi connectivity index (χ0) is 11.4. The van der Waals surface area contributed by atoms with Crippen LogP contribution in [-0.4, -0.2) is 37.0 Å². The molecule has 3 nitrogen and oxygen atoms in total. The first-order valence-corrected chi connectivity index (χ1v) is 5.91. The molecule has 1 N–H and O–H groups in total. The number of hydrogen-bond donors (Lipinski definition) is 1. The molecule has 4 heteroatoms. The Balaban J connectivity index is 2.04. The second-order valence-corrected chi connectivity index (χ2v) is 4.28. The van der Waals surface area contributed by atoms with E-state index in [0.29, 0.717) is 0 Å². The van der Waals surface area contributed by atoms with Gasteiger partial charge in [0.05, 0.1) is 0 Å². The maximum absolute atomic E-state index is 12.1. The number of benzene rings is 1. The molecule has 1 unspecified atom stereocenters. The molecular formula is C12H15ClN2O. The number of carbonyl (C=O) groups excluding carboxylic acids is 1. The minimum absolute atomic E-state index is 0.00867. The maximum Gasteiger partial charge on any atom is 0.245 e. The molecule has 0 bridgehead atoms. The van der Waals surface area contributed by atoms with Gasteiger partial charge in [0, 0.05) is 26.2 Å². The summed E-state index contributed by atoms with van der Waals surface area (Å²) in [7, 11) is 0. The van der Waals surface area contributed by atoms with Crippen molar-refractivity contribution in [2.75, 3.05) is 26.2 Å². The van der Waals surface area contributed by atoms with E-state index in [0.717, 1.165) is 31.7 Å². The van der Waals surface area contributed by atoms with E-state index in [4.69, 9.17) is 11.6 Å². The molecule has 0 saturated carbocycles. The number of hydrogen-bond acceptors (Lipinski definition) is 2. The molecule has 1 fully saturated rings. The van der Waals surface area contributed by atoms with E-state index in [9.17, 15) is 4.79 Å². The van der Waals surface area contributed by atoms with E-state index in [1.165, 1.54) is 0 Å². The number of amides is 1. The van der Waals surface area contributed by atoms with Crippen molar-refractivity contribution in [2.24, 2.45) is 0 Å². The van der Waals surface area contributed by atoms with E-state index in [-0.39, 0.29) is 5.91 Å². The highest BCUT2D eigenvalue weighted by atomic mass is 35.5. The van der Waals surface area contributed by atoms with Crippen molar-refractivity contribution in [1.82, 2.24) is 10.2 Å². The van der Waals surface area contributed by atoms with Gasteiger partial charge < -0.3 is 10.2 Å². The SMILES string of the molecule is O=C(C(Cl)c1ccccc1)N1CCNCC1. The molecule has 1 aromatic rings. The molecule has 2 rings (SSSR count). The van der Waals surface area contributed by atoms with Gasteiger partial charge in [-0.15, -0.1) is 11.6 Å². The average molecular weight is 239 g/mol. The highest BCUT2D eigenvalue weighted by Gasteiger charge is 2.24. The van der Waals surface area contributed by atoms with Crippen LogP contribution in [0.1, 0.15) is 10.9 Å². The smallest absolute Gasteiger partial charge is 0.245 e. The first-order valence-electron chi connectivity index (χ1n) is 5.47. The van der Waals surface area contributed by atoms with Crippen LogP contribution in [0, 0.1) is 0 Å². The lowest BCUT2D eigenvalue weighted by molar-refractivity contribution is -0.131. The third-order valence-electron chi connectivity index (χ3n) is 2.74. The number of halogens is 1. The summed E-state index contributed by atoms with van der Waals surface area (Å²) in [5.41, 5.74) is 0.868. The molecule has 1 saturated heterocycles. The van der Waals surface area contributed by atoms with Gasteiger partial charge in [-0.05, 0) is 5.56 Å². The summed E-state index contributed by atoms with van der Waals surface area (Å²) in [4.78, 5) is 13.9. The van der Waals surface area contributed by atoms with Gasteiger partial charge in [-0.2, -0.15) is 0 Å². The van der Waals surface area contributed by atoms with Gasteiger partial charge in [0.1, 0.15) is 5.38 Å². The fourth-order valence-corrected chi connectivity index (χ4v) is 2.09. The van der Waals surface area contributed by atoms with Crippen LogP contribution in [0.15, 0.2) is 30.3 Å². The Bertz CT molecular complexity index is 349. The van der Waals surface area contributed by atoms with Gasteiger partial charge in [0.2, 0.25) is 5.91 Å². The lowest BCUT2D eigenvalue weighted by Crippen LogP contribution is -2.47. The van der Waals surface area contributed by atoms with E-state index in [1.807, 2.05) is 35.2 Å². The van der Waals surface area contributed by atoms with Crippen molar-refractivity contribution in [3.63, 3.8) is 0 Å². The Morgan fingerprint density at radius 1 is 1.25 bits per heavy atom. The van der Waals surface area contributed by atoms with Gasteiger partial charge >= 0.3 is 0 Å². The van der Waals surface area contributed by atoms with Crippen LogP contribution < -0.4 is 5.32 Å². The van der Waals surface area contributed by atoms with Gasteiger partial charge in [-0.25, -0.2) is 0 Å². The zero-order valence-corrected chi connectivity index (χ0v) is 9.78. The van der Waals surface area contributed by atoms with Crippen LogP contribution in [0.25, 0.3) is 0 Å². The molecule has 0 aliphatic carbocycles. The molecule has 1 amide bonds. The quantitative estimate of drug-likeness (QED) is 0.790. The van der Waals surface area contributed by atoms with Crippen molar-refractivity contribution >= 4 is 17.5 Å². The van der Waals surface area contributed by atoms with Gasteiger partial charge in [-0.1, -0.05) is 30.3 Å². The Labute approximate surface area is 100 Å². The number of piperazine rings is 1. The summed E-state index contributed by atoms with van der Waals surface area (Å²) in [6.07, 6.45) is 0. The highest BCUT2D eigenvalue weighted by Crippen LogP contribution is 2.22. The van der Waals surface area contributed by atoms with E-state index >= 15 is 0 Å². The topological polar surface area (TPSA) is 32.3 Å². The normalized spacial score (nSPS) is 18.2. The van der Waals surface area contributed by atoms with Gasteiger partial charge in [-0.3, -0.25) is 4.79 Å². The fourth-order valence-electron chi connectivity index (χ4n) is 1.81. The average Bonchev–Trinajstić information content (AvgIpc) is 2.39. The van der Waals surface area contributed by atoms with Crippen LogP contribution in [0.5, 0.6) is 0 Å². The summed E-state index contributed by atoms with van der Waals surface area (Å²) in [6, 6.07) is 9.49. The third kappa shape index (κ3) is 2.54. The molecule has 0 spiro atoms. The lowest BCUT2D eigenvalue weighted by atomic mass is 10.1. The van der Waals surface area contributed by atoms with Crippen molar-refractivity contribution in [3.8, 4) is 0 Å². The van der Waals surface area contributed by atoms with Crippen molar-refractivity contribution in [1.29, 1.82) is 0 Å². The summed E-state index contributed by atoms with van der Waals surface area (Å²) in [5, 5.41) is 2.66. The van der Waals surface area contributed by atoms with Crippen LogP contribution in [0.4, 0.5) is 0 Å². The predicted molar refractivity (Wildman–Crippen MR) is 64.5 cm³/mol. The molecule has 1 aliphatic rings. The van der Waals surface area contributed by atoms with E-state index in [2.05, 4.69) is 5.32 Å². The molecule has 1 atom stereocenters. The predicted octanol–water partition coefficient (Wildman–Crippen LogP) is 1.40. The van der Waals surface area contributed by atoms with Gasteiger partial charge in [0.25, 0.3) is 0 Å². The third-order valence-corrected chi connectivity index (χ3v) is 3.18. The Morgan fingerprint density at radius 3 is 2.50 bits per heavy atom. The maximum atomic E-state index is 12.1. The first-order chi connectivity index (χ1) is 7.79. The molecule has 1 aliphatic heterocycles. The number of rotatable bonds is 2. The van der Waals surface area contributed by atoms with Crippen LogP contribution in [0.3, 0.4) is 0 Å². The summed E-state index contributed by atoms with van der Waals surface area (Å²) in [6.45, 7) is 3.19.